The molecule has 14 heavy (non-hydrogen) atoms. The van der Waals surface area contributed by atoms with Crippen LogP contribution in [0.25, 0.3) is 0 Å². The molecule has 1 aromatic rings. The van der Waals surface area contributed by atoms with Gasteiger partial charge in [-0.05, 0) is 0 Å². The standard InChI is InChI=1S/C9H11N3O2/c1-3-4-11-8-6-10-5-7(12-8)9(13)14-2/h3,5-6H,1,4H2,2H3,(H,11,12). The van der Waals surface area contributed by atoms with E-state index in [1.165, 1.54) is 19.5 Å². The smallest absolute Gasteiger partial charge is 0.358 e. The number of nitrogens with one attached hydrogen (secondary N) is 1. The van der Waals surface area contributed by atoms with Crippen molar-refractivity contribution in [3.8, 4) is 0 Å². The Hall–Kier alpha value is -1.91. The van der Waals surface area contributed by atoms with Crippen molar-refractivity contribution in [2.45, 2.75) is 0 Å². The minimum atomic E-state index is -0.500. The lowest BCUT2D eigenvalue weighted by Gasteiger charge is -2.02. The zero-order valence-electron chi connectivity index (χ0n) is 7.86. The highest BCUT2D eigenvalue weighted by molar-refractivity contribution is 5.87. The van der Waals surface area contributed by atoms with Crippen molar-refractivity contribution in [1.82, 2.24) is 9.97 Å². The lowest BCUT2D eigenvalue weighted by atomic mass is 10.4. The van der Waals surface area contributed by atoms with E-state index in [0.717, 1.165) is 0 Å². The second-order valence-corrected chi connectivity index (χ2v) is 2.45. The van der Waals surface area contributed by atoms with E-state index in [1.807, 2.05) is 0 Å². The summed E-state index contributed by atoms with van der Waals surface area (Å²) in [5, 5.41) is 2.91. The number of hydrogen-bond donors (Lipinski definition) is 1. The Balaban J connectivity index is 2.78. The molecule has 0 unspecified atom stereocenters. The van der Waals surface area contributed by atoms with Crippen LogP contribution in [0.2, 0.25) is 0 Å². The van der Waals surface area contributed by atoms with Gasteiger partial charge in [-0.1, -0.05) is 6.08 Å². The molecule has 0 aromatic carbocycles. The van der Waals surface area contributed by atoms with Crippen LogP contribution < -0.4 is 5.32 Å². The third-order valence-electron chi connectivity index (χ3n) is 1.46. The van der Waals surface area contributed by atoms with E-state index in [-0.39, 0.29) is 5.69 Å². The predicted octanol–water partition coefficient (Wildman–Crippen LogP) is 0.861. The fourth-order valence-corrected chi connectivity index (χ4v) is 0.831. The van der Waals surface area contributed by atoms with E-state index < -0.39 is 5.97 Å². The van der Waals surface area contributed by atoms with Crippen LogP contribution in [0.3, 0.4) is 0 Å². The number of hydrogen-bond acceptors (Lipinski definition) is 5. The van der Waals surface area contributed by atoms with Gasteiger partial charge < -0.3 is 10.1 Å². The molecule has 0 saturated carbocycles. The first-order chi connectivity index (χ1) is 6.77. The molecule has 0 amide bonds. The fraction of sp³-hybridized carbons (Fsp3) is 0.222. The molecule has 5 nitrogen and oxygen atoms in total. The monoisotopic (exact) mass is 193 g/mol. The molecule has 1 rings (SSSR count). The van der Waals surface area contributed by atoms with Crippen molar-refractivity contribution < 1.29 is 9.53 Å². The summed E-state index contributed by atoms with van der Waals surface area (Å²) in [6, 6.07) is 0. The van der Waals surface area contributed by atoms with E-state index in [1.54, 1.807) is 6.08 Å². The summed E-state index contributed by atoms with van der Waals surface area (Å²) in [5.41, 5.74) is 0.182. The van der Waals surface area contributed by atoms with E-state index in [4.69, 9.17) is 0 Å². The van der Waals surface area contributed by atoms with Gasteiger partial charge in [0.05, 0.1) is 19.5 Å². The highest BCUT2D eigenvalue weighted by Crippen LogP contribution is 2.02. The molecule has 0 bridgehead atoms. The number of carbonyl (C=O) groups is 1. The second kappa shape index (κ2) is 4.96. The first kappa shape index (κ1) is 10.2. The average Bonchev–Trinajstić information content (AvgIpc) is 2.25. The van der Waals surface area contributed by atoms with Gasteiger partial charge in [0.2, 0.25) is 0 Å². The predicted molar refractivity (Wildman–Crippen MR) is 52.1 cm³/mol. The zero-order valence-corrected chi connectivity index (χ0v) is 7.86. The van der Waals surface area contributed by atoms with Gasteiger partial charge in [-0.25, -0.2) is 9.78 Å². The fourth-order valence-electron chi connectivity index (χ4n) is 0.831. The van der Waals surface area contributed by atoms with Crippen LogP contribution in [-0.2, 0) is 4.74 Å². The molecular formula is C9H11N3O2. The molecule has 0 radical (unpaired) electrons. The Labute approximate surface area is 81.8 Å². The quantitative estimate of drug-likeness (QED) is 0.567. The second-order valence-electron chi connectivity index (χ2n) is 2.45. The maximum absolute atomic E-state index is 11.1. The van der Waals surface area contributed by atoms with Crippen molar-refractivity contribution in [2.24, 2.45) is 0 Å². The Bertz CT molecular complexity index is 339. The molecule has 1 aromatic heterocycles. The van der Waals surface area contributed by atoms with E-state index >= 15 is 0 Å². The van der Waals surface area contributed by atoms with Gasteiger partial charge >= 0.3 is 5.97 Å². The topological polar surface area (TPSA) is 64.1 Å². The molecule has 0 spiro atoms. The van der Waals surface area contributed by atoms with Crippen molar-refractivity contribution in [3.63, 3.8) is 0 Å². The minimum absolute atomic E-state index is 0.182. The lowest BCUT2D eigenvalue weighted by molar-refractivity contribution is 0.0593. The number of methoxy groups -OCH3 is 1. The molecule has 1 heterocycles. The van der Waals surface area contributed by atoms with Crippen LogP contribution in [0.5, 0.6) is 0 Å². The van der Waals surface area contributed by atoms with Crippen LogP contribution >= 0.6 is 0 Å². The molecule has 74 valence electrons. The number of anilines is 1. The summed E-state index contributed by atoms with van der Waals surface area (Å²) in [4.78, 5) is 18.9. The van der Waals surface area contributed by atoms with E-state index in [9.17, 15) is 4.79 Å². The van der Waals surface area contributed by atoms with Crippen molar-refractivity contribution in [3.05, 3.63) is 30.7 Å². The van der Waals surface area contributed by atoms with Gasteiger partial charge in [-0.3, -0.25) is 4.98 Å². The van der Waals surface area contributed by atoms with Gasteiger partial charge in [-0.2, -0.15) is 0 Å². The van der Waals surface area contributed by atoms with Crippen LogP contribution in [0.4, 0.5) is 5.82 Å². The largest absolute Gasteiger partial charge is 0.464 e. The summed E-state index contributed by atoms with van der Waals surface area (Å²) in [5.74, 6) is 0.0209. The number of rotatable bonds is 4. The van der Waals surface area contributed by atoms with E-state index in [2.05, 4.69) is 26.6 Å². The first-order valence-corrected chi connectivity index (χ1v) is 4.03. The van der Waals surface area contributed by atoms with Crippen LogP contribution in [0.15, 0.2) is 25.0 Å². The number of aromatic nitrogens is 2. The summed E-state index contributed by atoms with van der Waals surface area (Å²) in [7, 11) is 1.30. The molecular weight excluding hydrogens is 182 g/mol. The SMILES string of the molecule is C=CCNc1cncc(C(=O)OC)n1. The summed E-state index contributed by atoms with van der Waals surface area (Å²) in [6.07, 6.45) is 4.56. The minimum Gasteiger partial charge on any atom is -0.464 e. The molecule has 0 aliphatic heterocycles. The Morgan fingerprint density at radius 2 is 2.50 bits per heavy atom. The van der Waals surface area contributed by atoms with Gasteiger partial charge in [0.1, 0.15) is 5.82 Å². The van der Waals surface area contributed by atoms with Crippen molar-refractivity contribution >= 4 is 11.8 Å². The van der Waals surface area contributed by atoms with Crippen LogP contribution in [0.1, 0.15) is 10.5 Å². The number of nitrogens with zero attached hydrogens (tertiary/aromatic N) is 2. The summed E-state index contributed by atoms with van der Waals surface area (Å²) in [6.45, 7) is 4.12. The Morgan fingerprint density at radius 1 is 1.71 bits per heavy atom. The number of carbonyl (C=O) groups excluding carboxylic acids is 1. The van der Waals surface area contributed by atoms with E-state index in [0.29, 0.717) is 12.4 Å². The Morgan fingerprint density at radius 3 is 3.14 bits per heavy atom. The summed E-state index contributed by atoms with van der Waals surface area (Å²) >= 11 is 0. The molecule has 0 aliphatic rings. The molecule has 0 aliphatic carbocycles. The van der Waals surface area contributed by atoms with Gasteiger partial charge in [-0.15, -0.1) is 6.58 Å². The molecule has 0 saturated heterocycles. The van der Waals surface area contributed by atoms with Gasteiger partial charge in [0.15, 0.2) is 5.69 Å². The summed E-state index contributed by atoms with van der Waals surface area (Å²) < 4.78 is 4.51. The lowest BCUT2D eigenvalue weighted by Crippen LogP contribution is -2.08. The number of ether oxygens (including phenoxy) is 1. The van der Waals surface area contributed by atoms with Crippen molar-refractivity contribution in [2.75, 3.05) is 19.0 Å². The highest BCUT2D eigenvalue weighted by atomic mass is 16.5. The highest BCUT2D eigenvalue weighted by Gasteiger charge is 2.07. The third-order valence-corrected chi connectivity index (χ3v) is 1.46. The number of esters is 1. The Kier molecular flexibility index (Phi) is 3.60. The van der Waals surface area contributed by atoms with Crippen molar-refractivity contribution in [1.29, 1.82) is 0 Å². The molecule has 0 fully saturated rings. The maximum Gasteiger partial charge on any atom is 0.358 e. The molecule has 5 heteroatoms. The van der Waals surface area contributed by atoms with Crippen LogP contribution in [-0.4, -0.2) is 29.6 Å². The third kappa shape index (κ3) is 2.55. The molecule has 1 N–H and O–H groups in total. The average molecular weight is 193 g/mol. The zero-order chi connectivity index (χ0) is 10.4. The van der Waals surface area contributed by atoms with Crippen LogP contribution in [0, 0.1) is 0 Å². The molecule has 0 atom stereocenters. The van der Waals surface area contributed by atoms with Gasteiger partial charge in [0.25, 0.3) is 0 Å². The van der Waals surface area contributed by atoms with Gasteiger partial charge in [0, 0.05) is 6.54 Å². The normalized spacial score (nSPS) is 9.21. The first-order valence-electron chi connectivity index (χ1n) is 4.03. The maximum atomic E-state index is 11.1.